The molecule has 0 aliphatic carbocycles. The average molecular weight is 401 g/mol. The fraction of sp³-hybridized carbons (Fsp3) is 0.0769. The largest absolute Gasteiger partial charge is 0.451 e. The molecular weight excluding hydrogens is 393 g/mol. The summed E-state index contributed by atoms with van der Waals surface area (Å²) in [5.74, 6) is -2.43. The molecule has 2 aromatic heterocycles. The molecule has 0 saturated heterocycles. The molecule has 2 heterocycles. The molecule has 0 bridgehead atoms. The summed E-state index contributed by atoms with van der Waals surface area (Å²) in [6.45, 7) is 0. The van der Waals surface area contributed by atoms with E-state index in [2.05, 4.69) is 36.4 Å². The van der Waals surface area contributed by atoms with Crippen LogP contribution in [0.5, 0.6) is 0 Å². The van der Waals surface area contributed by atoms with Gasteiger partial charge in [0.2, 0.25) is 11.8 Å². The lowest BCUT2D eigenvalue weighted by Gasteiger charge is -2.01. The molecule has 0 unspecified atom stereocenters. The number of anilines is 1. The minimum Gasteiger partial charge on any atom is -0.289 e. The van der Waals surface area contributed by atoms with E-state index in [1.807, 2.05) is 12.1 Å². The zero-order valence-corrected chi connectivity index (χ0v) is 13.3. The summed E-state index contributed by atoms with van der Waals surface area (Å²) in [6, 6.07) is 7.18. The van der Waals surface area contributed by atoms with Crippen molar-refractivity contribution >= 4 is 27.8 Å². The van der Waals surface area contributed by atoms with Crippen LogP contribution in [0.4, 0.5) is 19.1 Å². The highest BCUT2D eigenvalue weighted by Crippen LogP contribution is 2.26. The maximum Gasteiger partial charge on any atom is 0.451 e. The maximum absolute atomic E-state index is 12.4. The number of carbonyl (C=O) groups excluding carboxylic acids is 1. The highest BCUT2D eigenvalue weighted by Gasteiger charge is 2.35. The molecule has 3 rings (SSSR count). The van der Waals surface area contributed by atoms with Crippen LogP contribution in [0.1, 0.15) is 16.2 Å². The fourth-order valence-electron chi connectivity index (χ4n) is 1.79. The van der Waals surface area contributed by atoms with Gasteiger partial charge in [-0.15, -0.1) is 5.10 Å². The lowest BCUT2D eigenvalue weighted by molar-refractivity contribution is -0.144. The number of hydrogen-bond donors (Lipinski definition) is 2. The van der Waals surface area contributed by atoms with Crippen LogP contribution in [0, 0.1) is 0 Å². The molecule has 0 fully saturated rings. The minimum absolute atomic E-state index is 0.149. The van der Waals surface area contributed by atoms with Gasteiger partial charge in [0.05, 0.1) is 17.4 Å². The number of alkyl halides is 3. The molecule has 0 aliphatic rings. The second-order valence-electron chi connectivity index (χ2n) is 4.61. The molecular formula is C13H8BrF3N6O. The van der Waals surface area contributed by atoms with Crippen LogP contribution in [0.2, 0.25) is 0 Å². The molecule has 3 aromatic rings. The predicted molar refractivity (Wildman–Crippen MR) is 80.6 cm³/mol. The molecule has 0 atom stereocenters. The van der Waals surface area contributed by atoms with Crippen LogP contribution in [0.3, 0.4) is 0 Å². The summed E-state index contributed by atoms with van der Waals surface area (Å²) < 4.78 is 39.6. The van der Waals surface area contributed by atoms with E-state index in [0.717, 1.165) is 10.2 Å². The number of rotatable bonds is 3. The Kier molecular flexibility index (Phi) is 4.09. The molecule has 2 N–H and O–H groups in total. The van der Waals surface area contributed by atoms with Gasteiger partial charge in [0.1, 0.15) is 0 Å². The van der Waals surface area contributed by atoms with Crippen molar-refractivity contribution in [3.8, 4) is 5.69 Å². The Labute approximate surface area is 141 Å². The number of benzene rings is 1. The number of hydrogen-bond acceptors (Lipinski definition) is 4. The van der Waals surface area contributed by atoms with Crippen molar-refractivity contribution in [2.24, 2.45) is 0 Å². The van der Waals surface area contributed by atoms with Crippen molar-refractivity contribution in [1.29, 1.82) is 0 Å². The Morgan fingerprint density at radius 1 is 1.25 bits per heavy atom. The maximum atomic E-state index is 12.4. The van der Waals surface area contributed by atoms with Gasteiger partial charge in [-0.25, -0.2) is 4.68 Å². The van der Waals surface area contributed by atoms with E-state index in [9.17, 15) is 18.0 Å². The second-order valence-corrected chi connectivity index (χ2v) is 5.53. The lowest BCUT2D eigenvalue weighted by atomic mass is 10.3. The summed E-state index contributed by atoms with van der Waals surface area (Å²) in [5.41, 5.74) is 0.866. The summed E-state index contributed by atoms with van der Waals surface area (Å²) >= 11 is 3.31. The molecule has 1 aromatic carbocycles. The standard InChI is InChI=1S/C13H8BrF3N6O/c14-8-1-3-9(4-2-8)23-6-7(5-18-23)10(24)19-12-20-11(21-22-12)13(15,16)17/h1-6H,(H2,19,20,21,22,24). The Morgan fingerprint density at radius 2 is 1.96 bits per heavy atom. The zero-order valence-electron chi connectivity index (χ0n) is 11.7. The van der Waals surface area contributed by atoms with Gasteiger partial charge in [0, 0.05) is 10.7 Å². The van der Waals surface area contributed by atoms with Crippen LogP contribution < -0.4 is 5.32 Å². The third-order valence-corrected chi connectivity index (χ3v) is 3.44. The first kappa shape index (κ1) is 16.2. The monoisotopic (exact) mass is 400 g/mol. The van der Waals surface area contributed by atoms with E-state index in [1.165, 1.54) is 17.1 Å². The third-order valence-electron chi connectivity index (χ3n) is 2.92. The van der Waals surface area contributed by atoms with Crippen LogP contribution in [-0.2, 0) is 6.18 Å². The van der Waals surface area contributed by atoms with Gasteiger partial charge >= 0.3 is 6.18 Å². The summed E-state index contributed by atoms with van der Waals surface area (Å²) in [5, 5.41) is 11.2. The zero-order chi connectivity index (χ0) is 17.3. The summed E-state index contributed by atoms with van der Waals surface area (Å²) in [7, 11) is 0. The van der Waals surface area contributed by atoms with E-state index in [-0.39, 0.29) is 5.56 Å². The molecule has 0 saturated carbocycles. The average Bonchev–Trinajstić information content (AvgIpc) is 3.16. The number of carbonyl (C=O) groups is 1. The molecule has 0 radical (unpaired) electrons. The van der Waals surface area contributed by atoms with E-state index in [0.29, 0.717) is 0 Å². The van der Waals surface area contributed by atoms with Gasteiger partial charge < -0.3 is 0 Å². The van der Waals surface area contributed by atoms with E-state index in [4.69, 9.17) is 0 Å². The quantitative estimate of drug-likeness (QED) is 0.707. The number of H-pyrrole nitrogens is 1. The second kappa shape index (κ2) is 6.07. The van der Waals surface area contributed by atoms with Gasteiger partial charge in [0.25, 0.3) is 5.91 Å². The molecule has 1 amide bonds. The number of nitrogens with zero attached hydrogens (tertiary/aromatic N) is 4. The van der Waals surface area contributed by atoms with Crippen molar-refractivity contribution in [1.82, 2.24) is 25.0 Å². The van der Waals surface area contributed by atoms with Crippen molar-refractivity contribution < 1.29 is 18.0 Å². The molecule has 124 valence electrons. The number of aromatic amines is 1. The van der Waals surface area contributed by atoms with Crippen molar-refractivity contribution in [2.75, 3.05) is 5.32 Å². The molecule has 0 spiro atoms. The van der Waals surface area contributed by atoms with E-state index in [1.54, 1.807) is 17.2 Å². The molecule has 7 nitrogen and oxygen atoms in total. The molecule has 24 heavy (non-hydrogen) atoms. The van der Waals surface area contributed by atoms with Crippen molar-refractivity contribution in [3.63, 3.8) is 0 Å². The van der Waals surface area contributed by atoms with E-state index < -0.39 is 23.9 Å². The number of nitrogens with one attached hydrogen (secondary N) is 2. The van der Waals surface area contributed by atoms with Gasteiger partial charge in [-0.3, -0.25) is 15.2 Å². The van der Waals surface area contributed by atoms with Gasteiger partial charge in [-0.1, -0.05) is 15.9 Å². The fourth-order valence-corrected chi connectivity index (χ4v) is 2.06. The Balaban J connectivity index is 1.74. The van der Waals surface area contributed by atoms with Crippen molar-refractivity contribution in [2.45, 2.75) is 6.18 Å². The Morgan fingerprint density at radius 3 is 2.58 bits per heavy atom. The van der Waals surface area contributed by atoms with Crippen LogP contribution >= 0.6 is 15.9 Å². The predicted octanol–water partition coefficient (Wildman–Crippen LogP) is 3.02. The van der Waals surface area contributed by atoms with Crippen LogP contribution in [0.15, 0.2) is 41.1 Å². The number of aromatic nitrogens is 5. The highest BCUT2D eigenvalue weighted by atomic mass is 79.9. The van der Waals surface area contributed by atoms with Gasteiger partial charge in [-0.05, 0) is 24.3 Å². The first-order valence-corrected chi connectivity index (χ1v) is 7.24. The van der Waals surface area contributed by atoms with Gasteiger partial charge in [-0.2, -0.15) is 23.3 Å². The number of amides is 1. The normalized spacial score (nSPS) is 11.5. The van der Waals surface area contributed by atoms with Crippen LogP contribution in [-0.4, -0.2) is 30.9 Å². The topological polar surface area (TPSA) is 88.5 Å². The Hall–Kier alpha value is -2.69. The third kappa shape index (κ3) is 3.45. The van der Waals surface area contributed by atoms with Gasteiger partial charge in [0.15, 0.2) is 0 Å². The summed E-state index contributed by atoms with van der Waals surface area (Å²) in [4.78, 5) is 15.2. The smallest absolute Gasteiger partial charge is 0.289 e. The van der Waals surface area contributed by atoms with Crippen molar-refractivity contribution in [3.05, 3.63) is 52.5 Å². The Bertz CT molecular complexity index is 870. The molecule has 0 aliphatic heterocycles. The molecule has 11 heteroatoms. The minimum atomic E-state index is -4.66. The lowest BCUT2D eigenvalue weighted by Crippen LogP contribution is -2.13. The van der Waals surface area contributed by atoms with E-state index >= 15 is 0 Å². The highest BCUT2D eigenvalue weighted by molar-refractivity contribution is 9.10. The van der Waals surface area contributed by atoms with Crippen LogP contribution in [0.25, 0.3) is 5.69 Å². The first-order valence-electron chi connectivity index (χ1n) is 6.44. The number of halogens is 4. The summed E-state index contributed by atoms with van der Waals surface area (Å²) in [6.07, 6.45) is -1.94. The first-order chi connectivity index (χ1) is 11.3. The SMILES string of the molecule is O=C(Nc1n[nH]c(C(F)(F)F)n1)c1cnn(-c2ccc(Br)cc2)c1.